The monoisotopic (exact) mass is 586 g/mol. The Hall–Kier alpha value is -3.34. The number of nitrogens with zero attached hydrogens (tertiary/aromatic N) is 1. The zero-order valence-electron chi connectivity index (χ0n) is 25.6. The van der Waals surface area contributed by atoms with Crippen molar-refractivity contribution in [1.29, 1.82) is 0 Å². The maximum atomic E-state index is 13.8. The Morgan fingerprint density at radius 2 is 1.57 bits per heavy atom. The molecule has 3 atom stereocenters. The largest absolute Gasteiger partial charge is 0.493 e. The Morgan fingerprint density at radius 1 is 0.976 bits per heavy atom. The van der Waals surface area contributed by atoms with Crippen molar-refractivity contribution in [2.24, 2.45) is 0 Å². The molecule has 42 heavy (non-hydrogen) atoms. The highest BCUT2D eigenvalue weighted by molar-refractivity contribution is 5.87. The van der Waals surface area contributed by atoms with E-state index in [9.17, 15) is 19.8 Å². The molecule has 232 valence electrons. The minimum absolute atomic E-state index is 0.192. The van der Waals surface area contributed by atoms with E-state index in [0.29, 0.717) is 42.4 Å². The van der Waals surface area contributed by atoms with E-state index in [0.717, 1.165) is 5.56 Å². The summed E-state index contributed by atoms with van der Waals surface area (Å²) >= 11 is 0. The molecule has 0 bridgehead atoms. The lowest BCUT2D eigenvalue weighted by Gasteiger charge is -2.45. The number of urea groups is 1. The van der Waals surface area contributed by atoms with Gasteiger partial charge in [0.05, 0.1) is 49.7 Å². The number of hydrogen-bond acceptors (Lipinski definition) is 7. The fourth-order valence-electron chi connectivity index (χ4n) is 5.30. The first-order valence-corrected chi connectivity index (χ1v) is 14.8. The van der Waals surface area contributed by atoms with Gasteiger partial charge in [-0.15, -0.1) is 0 Å². The second kappa shape index (κ2) is 15.2. The molecule has 0 aliphatic heterocycles. The van der Waals surface area contributed by atoms with Crippen molar-refractivity contribution in [2.75, 3.05) is 33.0 Å². The molecule has 10 nitrogen and oxygen atoms in total. The van der Waals surface area contributed by atoms with Crippen molar-refractivity contribution in [3.63, 3.8) is 0 Å². The molecule has 1 aliphatic rings. The maximum absolute atomic E-state index is 13.8. The fraction of sp³-hybridized carbons (Fsp3) is 0.562. The average Bonchev–Trinajstić information content (AvgIpc) is 2.93. The zero-order valence-corrected chi connectivity index (χ0v) is 25.6. The molecule has 0 aromatic heterocycles. The van der Waals surface area contributed by atoms with Crippen LogP contribution in [0, 0.1) is 0 Å². The lowest BCUT2D eigenvalue weighted by atomic mass is 9.74. The highest BCUT2D eigenvalue weighted by Crippen LogP contribution is 2.39. The van der Waals surface area contributed by atoms with Crippen LogP contribution in [0.2, 0.25) is 0 Å². The lowest BCUT2D eigenvalue weighted by Crippen LogP contribution is -2.66. The molecule has 10 heteroatoms. The van der Waals surface area contributed by atoms with Gasteiger partial charge in [0.15, 0.2) is 0 Å². The van der Waals surface area contributed by atoms with Crippen molar-refractivity contribution in [2.45, 2.75) is 84.3 Å². The second-order valence-electron chi connectivity index (χ2n) is 10.6. The Kier molecular flexibility index (Phi) is 12.0. The Bertz CT molecular complexity index is 1140. The van der Waals surface area contributed by atoms with Crippen LogP contribution >= 0.6 is 0 Å². The molecule has 1 unspecified atom stereocenters. The van der Waals surface area contributed by atoms with Crippen molar-refractivity contribution in [3.8, 4) is 11.5 Å². The first-order chi connectivity index (χ1) is 20.1. The molecule has 3 rings (SSSR count). The molecule has 0 saturated heterocycles. The fourth-order valence-corrected chi connectivity index (χ4v) is 5.30. The first-order valence-electron chi connectivity index (χ1n) is 14.8. The van der Waals surface area contributed by atoms with E-state index in [1.54, 1.807) is 24.0 Å². The molecular weight excluding hydrogens is 540 g/mol. The summed E-state index contributed by atoms with van der Waals surface area (Å²) in [6, 6.07) is 12.3. The van der Waals surface area contributed by atoms with E-state index in [2.05, 4.69) is 5.32 Å². The van der Waals surface area contributed by atoms with Crippen molar-refractivity contribution < 1.29 is 38.7 Å². The Labute approximate surface area is 248 Å². The molecule has 2 aromatic rings. The van der Waals surface area contributed by atoms with Gasteiger partial charge in [-0.3, -0.25) is 0 Å². The van der Waals surface area contributed by atoms with Crippen LogP contribution in [-0.4, -0.2) is 71.7 Å². The van der Waals surface area contributed by atoms with Crippen molar-refractivity contribution in [1.82, 2.24) is 10.2 Å². The number of carbonyl (C=O) groups excluding carboxylic acids is 1. The third-order valence-corrected chi connectivity index (χ3v) is 7.63. The average molecular weight is 587 g/mol. The third kappa shape index (κ3) is 7.93. The van der Waals surface area contributed by atoms with E-state index < -0.39 is 29.7 Å². The summed E-state index contributed by atoms with van der Waals surface area (Å²) in [5.74, 6) is -0.155. The van der Waals surface area contributed by atoms with E-state index in [1.807, 2.05) is 65.0 Å². The predicted molar refractivity (Wildman–Crippen MR) is 159 cm³/mol. The van der Waals surface area contributed by atoms with E-state index in [4.69, 9.17) is 18.9 Å². The van der Waals surface area contributed by atoms with Gasteiger partial charge in [0.1, 0.15) is 17.0 Å². The van der Waals surface area contributed by atoms with Crippen LogP contribution in [0.4, 0.5) is 4.79 Å². The van der Waals surface area contributed by atoms with Gasteiger partial charge in [0.2, 0.25) is 0 Å². The number of carbonyl (C=O) groups is 2. The van der Waals surface area contributed by atoms with Crippen LogP contribution in [0.3, 0.4) is 0 Å². The molecule has 2 amide bonds. The van der Waals surface area contributed by atoms with E-state index in [1.165, 1.54) is 0 Å². The standard InChI is InChI=1S/C32H46N2O8/c1-7-39-26-19-32(20-26,30(36)37)33-31(38)34(15-16-42-23(6)24-13-11-10-12-14-24)21(4)25-17-27(40-8-2)29(22(5)35)28(18-25)41-9-3/h10-14,17-18,21-23,26,35H,7-9,15-16,19-20H2,1-6H3,(H,33,38)(H,36,37)/t21-,22?,23+,26?,32?/m1/s1. The summed E-state index contributed by atoms with van der Waals surface area (Å²) in [7, 11) is 0. The molecule has 1 fully saturated rings. The lowest BCUT2D eigenvalue weighted by molar-refractivity contribution is -0.156. The van der Waals surface area contributed by atoms with Gasteiger partial charge in [-0.25, -0.2) is 9.59 Å². The zero-order chi connectivity index (χ0) is 30.9. The minimum atomic E-state index is -1.41. The number of carboxylic acids is 1. The normalized spacial score (nSPS) is 20.1. The smallest absolute Gasteiger partial charge is 0.329 e. The summed E-state index contributed by atoms with van der Waals surface area (Å²) in [6.45, 7) is 12.7. The topological polar surface area (TPSA) is 127 Å². The van der Waals surface area contributed by atoms with Crippen LogP contribution < -0.4 is 14.8 Å². The number of aliphatic hydroxyl groups excluding tert-OH is 1. The summed E-state index contributed by atoms with van der Waals surface area (Å²) in [5, 5.41) is 23.3. The summed E-state index contributed by atoms with van der Waals surface area (Å²) in [6.07, 6.45) is -0.871. The van der Waals surface area contributed by atoms with Crippen LogP contribution in [0.25, 0.3) is 0 Å². The highest BCUT2D eigenvalue weighted by Gasteiger charge is 2.53. The minimum Gasteiger partial charge on any atom is -0.493 e. The van der Waals surface area contributed by atoms with Gasteiger partial charge >= 0.3 is 12.0 Å². The molecule has 0 radical (unpaired) electrons. The van der Waals surface area contributed by atoms with E-state index in [-0.39, 0.29) is 38.2 Å². The van der Waals surface area contributed by atoms with Crippen LogP contribution in [0.5, 0.6) is 11.5 Å². The maximum Gasteiger partial charge on any atom is 0.329 e. The summed E-state index contributed by atoms with van der Waals surface area (Å²) in [5.41, 5.74) is 0.852. The summed E-state index contributed by atoms with van der Waals surface area (Å²) in [4.78, 5) is 27.7. The van der Waals surface area contributed by atoms with Crippen molar-refractivity contribution in [3.05, 3.63) is 59.2 Å². The third-order valence-electron chi connectivity index (χ3n) is 7.63. The first kappa shape index (κ1) is 33.2. The Balaban J connectivity index is 1.91. The van der Waals surface area contributed by atoms with Crippen molar-refractivity contribution >= 4 is 12.0 Å². The number of amides is 2. The SMILES string of the molecule is CCOc1cc([C@@H](C)N(CCO[C@@H](C)c2ccccc2)C(=O)NC2(C(=O)O)CC(OCC)C2)cc(OCC)c1C(C)O. The number of benzene rings is 2. The molecule has 0 spiro atoms. The number of rotatable bonds is 16. The van der Waals surface area contributed by atoms with Gasteiger partial charge in [0, 0.05) is 26.0 Å². The van der Waals surface area contributed by atoms with Gasteiger partial charge in [0.25, 0.3) is 0 Å². The van der Waals surface area contributed by atoms with Crippen LogP contribution in [0.15, 0.2) is 42.5 Å². The number of hydrogen-bond donors (Lipinski definition) is 3. The van der Waals surface area contributed by atoms with Gasteiger partial charge in [-0.05, 0) is 64.8 Å². The molecule has 0 heterocycles. The molecule has 1 saturated carbocycles. The van der Waals surface area contributed by atoms with Gasteiger partial charge in [-0.1, -0.05) is 30.3 Å². The van der Waals surface area contributed by atoms with Gasteiger partial charge < -0.3 is 39.4 Å². The number of ether oxygens (including phenoxy) is 4. The van der Waals surface area contributed by atoms with E-state index >= 15 is 0 Å². The number of aliphatic hydroxyl groups is 1. The predicted octanol–water partition coefficient (Wildman–Crippen LogP) is 5.41. The number of aliphatic carboxylic acids is 1. The quantitative estimate of drug-likeness (QED) is 0.238. The molecular formula is C32H46N2O8. The molecule has 1 aliphatic carbocycles. The molecule has 3 N–H and O–H groups in total. The number of nitrogens with one attached hydrogen (secondary N) is 1. The Morgan fingerprint density at radius 3 is 2.07 bits per heavy atom. The number of carboxylic acid groups (broad SMARTS) is 1. The highest BCUT2D eigenvalue weighted by atomic mass is 16.5. The molecule has 2 aromatic carbocycles. The van der Waals surface area contributed by atoms with Gasteiger partial charge in [-0.2, -0.15) is 0 Å². The van der Waals surface area contributed by atoms with Crippen LogP contribution in [-0.2, 0) is 14.3 Å². The summed E-state index contributed by atoms with van der Waals surface area (Å²) < 4.78 is 23.4. The van der Waals surface area contributed by atoms with Crippen LogP contribution in [0.1, 0.15) is 89.3 Å². The second-order valence-corrected chi connectivity index (χ2v) is 10.6.